The second-order valence-electron chi connectivity index (χ2n) is 14.3. The Hall–Kier alpha value is -6.47. The van der Waals surface area contributed by atoms with Crippen molar-refractivity contribution in [3.8, 4) is 22.6 Å². The number of nitrogens with one attached hydrogen (secondary N) is 4. The molecule has 2 heterocycles. The monoisotopic (exact) mass is 781 g/mol. The summed E-state index contributed by atoms with van der Waals surface area (Å²) in [5, 5.41) is 30.7. The van der Waals surface area contributed by atoms with Gasteiger partial charge in [-0.05, 0) is 72.4 Å². The number of ether oxygens (including phenoxy) is 2. The molecule has 1 atom stereocenters. The van der Waals surface area contributed by atoms with Gasteiger partial charge in [0.25, 0.3) is 5.91 Å². The number of aromatic amines is 1. The third-order valence-corrected chi connectivity index (χ3v) is 10.3. The molecule has 1 aliphatic heterocycles. The number of amides is 2. The van der Waals surface area contributed by atoms with Crippen molar-refractivity contribution in [1.82, 2.24) is 15.2 Å². The molecule has 2 amide bonds. The Kier molecular flexibility index (Phi) is 13.1. The van der Waals surface area contributed by atoms with Crippen LogP contribution in [-0.2, 0) is 22.5 Å². The maximum Gasteiger partial charge on any atom is 0.411 e. The van der Waals surface area contributed by atoms with Crippen LogP contribution in [0.4, 0.5) is 16.2 Å². The number of H-pyrrole nitrogens is 1. The summed E-state index contributed by atoms with van der Waals surface area (Å²) in [6.07, 6.45) is 0.922. The number of benzene rings is 5. The second-order valence-corrected chi connectivity index (χ2v) is 14.3. The lowest BCUT2D eigenvalue weighted by atomic mass is 10.0. The van der Waals surface area contributed by atoms with Crippen LogP contribution in [0.15, 0.2) is 132 Å². The first-order valence-corrected chi connectivity index (χ1v) is 19.5. The maximum absolute atomic E-state index is 12.8. The number of phenolic OH excluding ortho intramolecular Hbond substituents is 1. The van der Waals surface area contributed by atoms with E-state index in [4.69, 9.17) is 9.47 Å². The molecule has 1 fully saturated rings. The van der Waals surface area contributed by atoms with E-state index < -0.39 is 12.2 Å². The second kappa shape index (κ2) is 19.1. The Morgan fingerprint density at radius 2 is 1.57 bits per heavy atom. The molecule has 1 aromatic heterocycles. The minimum Gasteiger partial charge on any atom is -0.506 e. The fourth-order valence-electron chi connectivity index (χ4n) is 7.18. The van der Waals surface area contributed by atoms with E-state index in [0.29, 0.717) is 28.9 Å². The number of rotatable bonds is 15. The number of aromatic nitrogens is 1. The molecule has 6 aromatic rings. The zero-order chi connectivity index (χ0) is 40.3. The van der Waals surface area contributed by atoms with Gasteiger partial charge in [0.1, 0.15) is 17.6 Å². The van der Waals surface area contributed by atoms with Gasteiger partial charge < -0.3 is 40.2 Å². The van der Waals surface area contributed by atoms with Crippen LogP contribution in [0.3, 0.4) is 0 Å². The fourth-order valence-corrected chi connectivity index (χ4v) is 7.18. The molecule has 1 unspecified atom stereocenters. The first-order valence-electron chi connectivity index (χ1n) is 19.5. The molecule has 7 rings (SSSR count). The van der Waals surface area contributed by atoms with E-state index in [2.05, 4.69) is 25.8 Å². The first kappa shape index (κ1) is 39.8. The summed E-state index contributed by atoms with van der Waals surface area (Å²) in [6, 6.07) is 38.9. The number of carbonyl (C=O) groups excluding carboxylic acids is 2. The fraction of sp³-hybridized carbons (Fsp3) is 0.239. The number of fused-ring (bicyclic) bond motifs is 1. The van der Waals surface area contributed by atoms with E-state index in [1.165, 1.54) is 12.1 Å². The number of hydrogen-bond donors (Lipinski definition) is 6. The summed E-state index contributed by atoms with van der Waals surface area (Å²) in [5.74, 6) is 0.190. The number of hydrogen-bond acceptors (Lipinski definition) is 9. The maximum atomic E-state index is 12.8. The highest BCUT2D eigenvalue weighted by molar-refractivity contribution is 5.92. The number of nitrogens with zero attached hydrogens (tertiary/aromatic N) is 1. The minimum absolute atomic E-state index is 0.0680. The SMILES string of the molecule is O=C(COc1ccccc1CNCC(O)c1ccc(O)c2[nH]c(=O)ccc12)Nc1ccc(CCN2CCC(OC(=O)Nc3ccccc3-c3ccccc3)CC2)cc1. The summed E-state index contributed by atoms with van der Waals surface area (Å²) in [7, 11) is 0. The van der Waals surface area contributed by atoms with Crippen LogP contribution in [0.1, 0.15) is 35.6 Å². The molecule has 58 heavy (non-hydrogen) atoms. The Labute approximate surface area is 336 Å². The van der Waals surface area contributed by atoms with Gasteiger partial charge >= 0.3 is 6.09 Å². The average molecular weight is 782 g/mol. The van der Waals surface area contributed by atoms with Gasteiger partial charge in [0.15, 0.2) is 6.61 Å². The van der Waals surface area contributed by atoms with Crippen LogP contribution in [-0.4, -0.2) is 71.0 Å². The standard InChI is InChI=1S/C46H47N5O7/c52-40-20-18-37(38-19-21-43(54)50-45(38)40)41(53)29-47-28-33-10-4-7-13-42(33)57-30-44(55)48-34-16-14-31(15-17-34)22-25-51-26-23-35(24-27-51)58-46(56)49-39-12-6-5-11-36(39)32-8-2-1-3-9-32/h1-21,35,41,47,52-53H,22-30H2,(H,48,55)(H,49,56)(H,50,54). The van der Waals surface area contributed by atoms with Crippen molar-refractivity contribution < 1.29 is 29.3 Å². The molecule has 0 aliphatic carbocycles. The molecule has 0 saturated carbocycles. The number of aromatic hydroxyl groups is 1. The predicted octanol–water partition coefficient (Wildman–Crippen LogP) is 7.00. The molecular formula is C46H47N5O7. The van der Waals surface area contributed by atoms with Crippen molar-refractivity contribution >= 4 is 34.3 Å². The Morgan fingerprint density at radius 1 is 0.828 bits per heavy atom. The number of carbonyl (C=O) groups is 2. The largest absolute Gasteiger partial charge is 0.506 e. The number of para-hydroxylation sites is 2. The topological polar surface area (TPSA) is 165 Å². The van der Waals surface area contributed by atoms with Crippen LogP contribution in [0.5, 0.6) is 11.5 Å². The highest BCUT2D eigenvalue weighted by Crippen LogP contribution is 2.30. The van der Waals surface area contributed by atoms with Gasteiger partial charge in [-0.3, -0.25) is 14.9 Å². The number of likely N-dealkylation sites (tertiary alicyclic amines) is 1. The normalized spacial score (nSPS) is 13.8. The molecule has 0 bridgehead atoms. The smallest absolute Gasteiger partial charge is 0.411 e. The third-order valence-electron chi connectivity index (χ3n) is 10.3. The number of pyridine rings is 1. The van der Waals surface area contributed by atoms with Gasteiger partial charge in [0.05, 0.1) is 17.3 Å². The molecule has 6 N–H and O–H groups in total. The van der Waals surface area contributed by atoms with E-state index >= 15 is 0 Å². The van der Waals surface area contributed by atoms with Crippen molar-refractivity contribution in [3.05, 3.63) is 154 Å². The molecule has 12 heteroatoms. The molecule has 0 radical (unpaired) electrons. The van der Waals surface area contributed by atoms with Gasteiger partial charge in [-0.25, -0.2) is 4.79 Å². The summed E-state index contributed by atoms with van der Waals surface area (Å²) < 4.78 is 11.7. The molecule has 0 spiro atoms. The van der Waals surface area contributed by atoms with Gasteiger partial charge in [-0.1, -0.05) is 84.9 Å². The minimum atomic E-state index is -0.909. The lowest BCUT2D eigenvalue weighted by Gasteiger charge is -2.31. The zero-order valence-electron chi connectivity index (χ0n) is 32.0. The quantitative estimate of drug-likeness (QED) is 0.0644. The predicted molar refractivity (Wildman–Crippen MR) is 225 cm³/mol. The number of aliphatic hydroxyl groups excluding tert-OH is 1. The molecule has 1 aliphatic rings. The molecule has 5 aromatic carbocycles. The van der Waals surface area contributed by atoms with Crippen LogP contribution < -0.4 is 26.2 Å². The molecule has 298 valence electrons. The number of anilines is 2. The van der Waals surface area contributed by atoms with Crippen molar-refractivity contribution in [3.63, 3.8) is 0 Å². The van der Waals surface area contributed by atoms with Crippen LogP contribution in [0, 0.1) is 0 Å². The number of phenols is 1. The lowest BCUT2D eigenvalue weighted by Crippen LogP contribution is -2.39. The zero-order valence-corrected chi connectivity index (χ0v) is 32.0. The Bertz CT molecular complexity index is 2380. The highest BCUT2D eigenvalue weighted by Gasteiger charge is 2.23. The molecular weight excluding hydrogens is 735 g/mol. The van der Waals surface area contributed by atoms with Gasteiger partial charge in [-0.15, -0.1) is 0 Å². The van der Waals surface area contributed by atoms with Crippen molar-refractivity contribution in [2.45, 2.75) is 38.0 Å². The van der Waals surface area contributed by atoms with Gasteiger partial charge in [0.2, 0.25) is 5.56 Å². The van der Waals surface area contributed by atoms with Crippen molar-refractivity contribution in [2.75, 3.05) is 43.4 Å². The lowest BCUT2D eigenvalue weighted by molar-refractivity contribution is -0.118. The first-order chi connectivity index (χ1) is 28.3. The molecule has 1 saturated heterocycles. The van der Waals surface area contributed by atoms with Gasteiger partial charge in [-0.2, -0.15) is 0 Å². The van der Waals surface area contributed by atoms with Crippen LogP contribution >= 0.6 is 0 Å². The van der Waals surface area contributed by atoms with E-state index in [1.54, 1.807) is 18.2 Å². The Balaban J connectivity index is 0.807. The van der Waals surface area contributed by atoms with Crippen molar-refractivity contribution in [2.24, 2.45) is 0 Å². The Morgan fingerprint density at radius 3 is 2.38 bits per heavy atom. The molecule has 12 nitrogen and oxygen atoms in total. The van der Waals surface area contributed by atoms with Gasteiger partial charge in [0, 0.05) is 61.0 Å². The van der Waals surface area contributed by atoms with Crippen molar-refractivity contribution in [1.29, 1.82) is 0 Å². The van der Waals surface area contributed by atoms with E-state index in [-0.39, 0.29) is 42.0 Å². The van der Waals surface area contributed by atoms with E-state index in [9.17, 15) is 24.6 Å². The number of aliphatic hydroxyl groups is 1. The van der Waals surface area contributed by atoms with E-state index in [1.807, 2.05) is 97.1 Å². The van der Waals surface area contributed by atoms with E-state index in [0.717, 1.165) is 66.8 Å². The number of piperidine rings is 1. The third kappa shape index (κ3) is 10.5. The van der Waals surface area contributed by atoms with Crippen LogP contribution in [0.2, 0.25) is 0 Å². The van der Waals surface area contributed by atoms with Crippen LogP contribution in [0.25, 0.3) is 22.0 Å². The summed E-state index contributed by atoms with van der Waals surface area (Å²) in [5.41, 5.74) is 5.84. The average Bonchev–Trinajstić information content (AvgIpc) is 3.24. The summed E-state index contributed by atoms with van der Waals surface area (Å²) in [6.45, 7) is 2.96. The highest BCUT2D eigenvalue weighted by atomic mass is 16.6. The summed E-state index contributed by atoms with van der Waals surface area (Å²) >= 11 is 0. The summed E-state index contributed by atoms with van der Waals surface area (Å²) in [4.78, 5) is 42.4.